The van der Waals surface area contributed by atoms with Crippen molar-refractivity contribution in [3.63, 3.8) is 0 Å². The van der Waals surface area contributed by atoms with Crippen LogP contribution in [-0.2, 0) is 52.8 Å². The van der Waals surface area contributed by atoms with Gasteiger partial charge in [-0.3, -0.25) is 0 Å². The first-order valence-electron chi connectivity index (χ1n) is 31.3. The third kappa shape index (κ3) is 21.3. The van der Waals surface area contributed by atoms with E-state index >= 15 is 4.79 Å². The van der Waals surface area contributed by atoms with Gasteiger partial charge < -0.3 is 47.8 Å². The first-order valence-corrected chi connectivity index (χ1v) is 33.2. The van der Waals surface area contributed by atoms with Crippen LogP contribution in [0.15, 0.2) is 199 Å². The minimum absolute atomic E-state index is 0.0623. The van der Waals surface area contributed by atoms with E-state index in [2.05, 4.69) is 83.2 Å². The predicted octanol–water partition coefficient (Wildman–Crippen LogP) is 14.1. The third-order valence-electron chi connectivity index (χ3n) is 16.3. The molecule has 6 rings (SSSR count). The highest BCUT2D eigenvalue weighted by Crippen LogP contribution is 2.29. The number of methoxy groups -OCH3 is 3. The van der Waals surface area contributed by atoms with Crippen molar-refractivity contribution >= 4 is 35.8 Å². The average Bonchev–Trinajstić information content (AvgIpc) is 1.18. The molecule has 2 N–H and O–H groups in total. The largest absolute Gasteiger partial charge is 0.497 e. The summed E-state index contributed by atoms with van der Waals surface area (Å²) in [5.74, 6) is -0.515. The number of esters is 1. The number of ether oxygens (including phenoxy) is 7. The Morgan fingerprint density at radius 3 is 1.43 bits per heavy atom. The minimum atomic E-state index is -3.40. The first-order chi connectivity index (χ1) is 42.6. The highest BCUT2D eigenvalue weighted by molar-refractivity contribution is 7.07. The molecule has 0 heterocycles. The van der Waals surface area contributed by atoms with E-state index in [9.17, 15) is 15.0 Å². The van der Waals surface area contributed by atoms with Crippen LogP contribution in [0.3, 0.4) is 0 Å². The molecular weight excluding hydrogens is 1120 g/mol. The fourth-order valence-electron chi connectivity index (χ4n) is 11.3. The van der Waals surface area contributed by atoms with Gasteiger partial charge in [-0.1, -0.05) is 230 Å². The number of hydrogen-bond donors (Lipinski definition) is 2. The summed E-state index contributed by atoms with van der Waals surface area (Å²) >= 11 is 0. The van der Waals surface area contributed by atoms with Crippen LogP contribution >= 0.6 is 0 Å². The van der Waals surface area contributed by atoms with Crippen LogP contribution in [0.25, 0.3) is 0 Å². The Bertz CT molecular complexity index is 2960. The van der Waals surface area contributed by atoms with Crippen molar-refractivity contribution < 1.29 is 57.4 Å². The molecule has 0 amide bonds. The van der Waals surface area contributed by atoms with Gasteiger partial charge in [0.15, 0.2) is 12.2 Å². The van der Waals surface area contributed by atoms with Crippen molar-refractivity contribution in [1.82, 2.24) is 0 Å². The van der Waals surface area contributed by atoms with Crippen molar-refractivity contribution in [2.45, 2.75) is 157 Å². The summed E-state index contributed by atoms with van der Waals surface area (Å²) in [4.78, 5) is 28.6. The predicted molar refractivity (Wildman–Crippen MR) is 354 cm³/mol. The molecule has 0 aliphatic rings. The van der Waals surface area contributed by atoms with E-state index in [0.717, 1.165) is 45.1 Å². The molecule has 0 spiro atoms. The van der Waals surface area contributed by atoms with E-state index in [1.165, 1.54) is 44.9 Å². The Morgan fingerprint density at radius 1 is 0.534 bits per heavy atom. The van der Waals surface area contributed by atoms with Crippen LogP contribution in [-0.4, -0.2) is 88.9 Å². The maximum Gasteiger partial charge on any atom is 0.335 e. The summed E-state index contributed by atoms with van der Waals surface area (Å²) in [5.41, 5.74) is 4.38. The smallest absolute Gasteiger partial charge is 0.335 e. The molecular formula is C75H96O12Si. The number of carboxylic acid groups (broad SMARTS) is 1. The van der Waals surface area contributed by atoms with Gasteiger partial charge in [0.05, 0.1) is 60.0 Å². The minimum Gasteiger partial charge on any atom is -0.497 e. The molecule has 0 aliphatic carbocycles. The molecule has 0 saturated heterocycles. The van der Waals surface area contributed by atoms with Gasteiger partial charge in [0.25, 0.3) is 8.32 Å². The molecule has 12 nitrogen and oxygen atoms in total. The maximum atomic E-state index is 15.1. The zero-order valence-corrected chi connectivity index (χ0v) is 54.6. The van der Waals surface area contributed by atoms with E-state index in [1.54, 1.807) is 64.7 Å². The lowest BCUT2D eigenvalue weighted by Crippen LogP contribution is -2.70. The number of hydrogen-bond acceptors (Lipinski definition) is 11. The molecule has 0 aromatic heterocycles. The zero-order chi connectivity index (χ0) is 63.3. The van der Waals surface area contributed by atoms with Crippen LogP contribution in [0, 0.1) is 17.8 Å². The van der Waals surface area contributed by atoms with Crippen molar-refractivity contribution in [2.24, 2.45) is 17.8 Å². The number of aliphatic hydroxyl groups is 1. The molecule has 0 bridgehead atoms. The average molecular weight is 1220 g/mol. The second kappa shape index (κ2) is 37.0. The maximum absolute atomic E-state index is 15.1. The van der Waals surface area contributed by atoms with Gasteiger partial charge in [0.1, 0.15) is 23.4 Å². The van der Waals surface area contributed by atoms with Crippen LogP contribution in [0.2, 0.25) is 0 Å². The standard InChI is InChI=1S/C75H96O12Si/c1-11-12-13-14-15-16-17-21-28-55(3)70(76)56(4)47-54(2)48-57(5)71(87-88(66-29-22-18-23-30-66,67-31-24-19-25-32-67)68-33-26-20-27-34-68)58(6)49-59(7)75(79)86-69(53-83-50-60-35-41-63(80-8)42-36-60)72(84-51-61-37-43-64(81-9)44-38-61)73(74(77)78)85-52-62-39-45-65(82-10)46-40-62/h18-20,22-27,29-49,55-56,58,69-73,76H,11-17,21,28,50-53H2,1-10H3,(H,77,78)/b54-47+,57-48+,59-49+/t55-,56-,58+,69+,70+,71-,72+,73-/m0/s1. The molecule has 6 aromatic carbocycles. The van der Waals surface area contributed by atoms with Gasteiger partial charge in [-0.2, -0.15) is 0 Å². The highest BCUT2D eigenvalue weighted by atomic mass is 28.4. The Labute approximate surface area is 525 Å². The third-order valence-corrected chi connectivity index (χ3v) is 20.3. The fourth-order valence-corrected chi connectivity index (χ4v) is 15.5. The zero-order valence-electron chi connectivity index (χ0n) is 53.6. The number of benzene rings is 6. The van der Waals surface area contributed by atoms with Crippen molar-refractivity contribution in [3.8, 4) is 17.2 Å². The summed E-state index contributed by atoms with van der Waals surface area (Å²) in [7, 11) is 1.35. The molecule has 8 atom stereocenters. The van der Waals surface area contributed by atoms with Crippen molar-refractivity contribution in [3.05, 3.63) is 215 Å². The monoisotopic (exact) mass is 1220 g/mol. The number of unbranched alkanes of at least 4 members (excludes halogenated alkanes) is 7. The highest BCUT2D eigenvalue weighted by Gasteiger charge is 2.45. The molecule has 88 heavy (non-hydrogen) atoms. The van der Waals surface area contributed by atoms with Crippen LogP contribution in [0.5, 0.6) is 17.2 Å². The van der Waals surface area contributed by atoms with Crippen molar-refractivity contribution in [1.29, 1.82) is 0 Å². The Hall–Kier alpha value is -7.10. The molecule has 0 aliphatic heterocycles. The molecule has 472 valence electrons. The lowest BCUT2D eigenvalue weighted by atomic mass is 9.88. The van der Waals surface area contributed by atoms with Gasteiger partial charge in [0, 0.05) is 17.4 Å². The summed E-state index contributed by atoms with van der Waals surface area (Å²) in [5, 5.41) is 25.9. The van der Waals surface area contributed by atoms with Crippen LogP contribution in [0.4, 0.5) is 0 Å². The summed E-state index contributed by atoms with van der Waals surface area (Å²) in [6.45, 7) is 14.1. The molecule has 0 unspecified atom stereocenters. The lowest BCUT2D eigenvalue weighted by molar-refractivity contribution is -0.191. The van der Waals surface area contributed by atoms with E-state index in [-0.39, 0.29) is 43.8 Å². The Morgan fingerprint density at radius 2 is 0.977 bits per heavy atom. The summed E-state index contributed by atoms with van der Waals surface area (Å²) in [6.07, 6.45) is 11.7. The topological polar surface area (TPSA) is 148 Å². The molecule has 0 radical (unpaired) electrons. The number of carboxylic acids is 1. The fraction of sp³-hybridized carbons (Fsp3) is 0.413. The van der Waals surface area contributed by atoms with Gasteiger partial charge >= 0.3 is 11.9 Å². The Kier molecular flexibility index (Phi) is 29.4. The summed E-state index contributed by atoms with van der Waals surface area (Å²) < 4.78 is 49.8. The number of rotatable bonds is 39. The molecule has 6 aromatic rings. The normalized spacial score (nSPS) is 15.1. The molecule has 13 heteroatoms. The van der Waals surface area contributed by atoms with Gasteiger partial charge in [-0.05, 0) is 107 Å². The van der Waals surface area contributed by atoms with Crippen LogP contribution < -0.4 is 29.8 Å². The number of aliphatic hydroxyl groups excluding tert-OH is 1. The first kappa shape index (κ1) is 70.0. The van der Waals surface area contributed by atoms with Gasteiger partial charge in [0.2, 0.25) is 0 Å². The van der Waals surface area contributed by atoms with Crippen molar-refractivity contribution in [2.75, 3.05) is 27.9 Å². The van der Waals surface area contributed by atoms with E-state index in [1.807, 2.05) is 104 Å². The van der Waals surface area contributed by atoms with Gasteiger partial charge in [-0.15, -0.1) is 0 Å². The second-order valence-corrected chi connectivity index (χ2v) is 26.6. The molecule has 0 saturated carbocycles. The van der Waals surface area contributed by atoms with Gasteiger partial charge in [-0.25, -0.2) is 9.59 Å². The number of carbonyl (C=O) groups excluding carboxylic acids is 1. The Balaban J connectivity index is 1.39. The lowest BCUT2D eigenvalue weighted by Gasteiger charge is -2.39. The number of allylic oxidation sites excluding steroid dienone is 2. The molecule has 0 fully saturated rings. The SMILES string of the molecule is CCCCCCCCCC[C@H](C)[C@@H](O)[C@@H](C)/C=C(C)/C=C(\C)[C@H](O[Si](c1ccccc1)(c1ccccc1)c1ccccc1)[C@H](C)/C=C(\C)C(=O)O[C@H](COCc1ccc(OC)cc1)[C@@H](OCc1ccc(OC)cc1)[C@H](OCc1ccc(OC)cc1)C(=O)O. The second-order valence-electron chi connectivity index (χ2n) is 23.3. The van der Waals surface area contributed by atoms with Crippen LogP contribution in [0.1, 0.15) is 123 Å². The number of aliphatic carboxylic acids is 1. The van der Waals surface area contributed by atoms with E-state index in [4.69, 9.17) is 37.6 Å². The quantitative estimate of drug-likeness (QED) is 0.00945. The van der Waals surface area contributed by atoms with E-state index < -0.39 is 56.7 Å². The van der Waals surface area contributed by atoms with E-state index in [0.29, 0.717) is 28.4 Å². The summed E-state index contributed by atoms with van der Waals surface area (Å²) in [6, 6.07) is 52.9. The number of carbonyl (C=O) groups is 2.